The van der Waals surface area contributed by atoms with Gasteiger partial charge in [0, 0.05) is 6.42 Å². The van der Waals surface area contributed by atoms with Crippen LogP contribution in [0, 0.1) is 0 Å². The van der Waals surface area contributed by atoms with Crippen LogP contribution in [0.4, 0.5) is 0 Å². The molecule has 1 aliphatic rings. The van der Waals surface area contributed by atoms with Gasteiger partial charge in [-0.1, -0.05) is 0 Å². The van der Waals surface area contributed by atoms with Crippen molar-refractivity contribution in [2.45, 2.75) is 31.6 Å². The third kappa shape index (κ3) is 2.00. The fourth-order valence-electron chi connectivity index (χ4n) is 0.584. The number of hydrogen-bond donors (Lipinski definition) is 1. The predicted molar refractivity (Wildman–Crippen MR) is 40.6 cm³/mol. The first-order chi connectivity index (χ1) is 4.93. The zero-order valence-electron chi connectivity index (χ0n) is 6.49. The van der Waals surface area contributed by atoms with Crippen LogP contribution in [0.15, 0.2) is 0 Å². The van der Waals surface area contributed by atoms with Gasteiger partial charge in [-0.3, -0.25) is 4.79 Å². The van der Waals surface area contributed by atoms with E-state index in [0.29, 0.717) is 6.42 Å². The monoisotopic (exact) mass is 177 g/mol. The molecule has 1 N–H and O–H groups in total. The van der Waals surface area contributed by atoms with Crippen molar-refractivity contribution in [2.75, 3.05) is 0 Å². The molecule has 1 aliphatic carbocycles. The summed E-state index contributed by atoms with van der Waals surface area (Å²) in [5.41, 5.74) is 0. The molecule has 0 amide bonds. The first kappa shape index (κ1) is 8.67. The second-order valence-electron chi connectivity index (χ2n) is 2.93. The number of rotatable bonds is 3. The molecule has 0 aromatic heterocycles. The van der Waals surface area contributed by atoms with E-state index < -0.39 is 21.3 Å². The molecule has 0 radical (unpaired) electrons. The van der Waals surface area contributed by atoms with Crippen LogP contribution >= 0.6 is 0 Å². The Kier molecular flexibility index (Phi) is 2.02. The fraction of sp³-hybridized carbons (Fsp3) is 0.833. The Labute approximate surface area is 66.0 Å². The van der Waals surface area contributed by atoms with Gasteiger partial charge in [-0.2, -0.15) is 0 Å². The Balaban J connectivity index is 2.55. The van der Waals surface area contributed by atoms with Gasteiger partial charge >= 0.3 is 0 Å². The highest BCUT2D eigenvalue weighted by Crippen LogP contribution is 2.15. The molecule has 1 saturated carbocycles. The summed E-state index contributed by atoms with van der Waals surface area (Å²) >= 11 is 0. The van der Waals surface area contributed by atoms with Crippen LogP contribution in [0.25, 0.3) is 0 Å². The van der Waals surface area contributed by atoms with Crippen LogP contribution < -0.4 is 4.72 Å². The zero-order valence-corrected chi connectivity index (χ0v) is 7.31. The highest BCUT2D eigenvalue weighted by Gasteiger charge is 2.38. The number of nitrogens with one attached hydrogen (secondary N) is 1. The van der Waals surface area contributed by atoms with E-state index in [4.69, 9.17) is 0 Å². The summed E-state index contributed by atoms with van der Waals surface area (Å²) in [4.78, 5) is 10.5. The molecule has 5 heteroatoms. The summed E-state index contributed by atoms with van der Waals surface area (Å²) < 4.78 is 24.4. The van der Waals surface area contributed by atoms with E-state index in [9.17, 15) is 13.2 Å². The molecule has 0 heterocycles. The molecule has 11 heavy (non-hydrogen) atoms. The molecule has 0 aromatic carbocycles. The number of carbonyl (C=O) groups excluding carboxylic acids is 1. The van der Waals surface area contributed by atoms with Crippen LogP contribution in [-0.2, 0) is 14.8 Å². The summed E-state index contributed by atoms with van der Waals surface area (Å²) in [6.07, 6.45) is 0.353. The van der Waals surface area contributed by atoms with E-state index in [1.54, 1.807) is 13.8 Å². The Morgan fingerprint density at radius 3 is 2.27 bits per heavy atom. The Morgan fingerprint density at radius 1 is 1.55 bits per heavy atom. The molecule has 0 saturated heterocycles. The van der Waals surface area contributed by atoms with E-state index in [1.807, 2.05) is 0 Å². The van der Waals surface area contributed by atoms with Gasteiger partial charge in [-0.05, 0) is 13.8 Å². The molecule has 1 fully saturated rings. The number of ketones is 1. The molecular weight excluding hydrogens is 166 g/mol. The lowest BCUT2D eigenvalue weighted by molar-refractivity contribution is -0.110. The maximum atomic E-state index is 11.1. The summed E-state index contributed by atoms with van der Waals surface area (Å²) in [6, 6.07) is -0.428. The standard InChI is InChI=1S/C6H11NO3S/c1-4(2)11(9,10)7-5-3-6(5)8/h4-5,7H,3H2,1-2H3. The summed E-state index contributed by atoms with van der Waals surface area (Å²) in [5, 5.41) is -0.462. The summed E-state index contributed by atoms with van der Waals surface area (Å²) in [7, 11) is -3.24. The van der Waals surface area contributed by atoms with Crippen molar-refractivity contribution in [1.29, 1.82) is 0 Å². The fourth-order valence-corrected chi connectivity index (χ4v) is 1.47. The maximum absolute atomic E-state index is 11.1. The molecule has 1 unspecified atom stereocenters. The van der Waals surface area contributed by atoms with E-state index in [1.165, 1.54) is 0 Å². The Bertz CT molecular complexity index is 268. The van der Waals surface area contributed by atoms with E-state index in [2.05, 4.69) is 4.72 Å². The maximum Gasteiger partial charge on any atom is 0.214 e. The Hall–Kier alpha value is -0.420. The molecule has 0 bridgehead atoms. The number of carbonyl (C=O) groups is 1. The lowest BCUT2D eigenvalue weighted by Gasteiger charge is -2.06. The lowest BCUT2D eigenvalue weighted by atomic mass is 10.6. The van der Waals surface area contributed by atoms with Crippen LogP contribution in [0.1, 0.15) is 20.3 Å². The highest BCUT2D eigenvalue weighted by atomic mass is 32.2. The molecule has 1 atom stereocenters. The molecule has 64 valence electrons. The van der Waals surface area contributed by atoms with Crippen LogP contribution in [0.5, 0.6) is 0 Å². The normalized spacial score (nSPS) is 24.3. The van der Waals surface area contributed by atoms with Gasteiger partial charge < -0.3 is 0 Å². The molecule has 4 nitrogen and oxygen atoms in total. The number of sulfonamides is 1. The largest absolute Gasteiger partial charge is 0.298 e. The van der Waals surface area contributed by atoms with Crippen LogP contribution in [-0.4, -0.2) is 25.5 Å². The van der Waals surface area contributed by atoms with Crippen molar-refractivity contribution in [1.82, 2.24) is 4.72 Å². The minimum atomic E-state index is -3.24. The average molecular weight is 177 g/mol. The van der Waals surface area contributed by atoms with E-state index >= 15 is 0 Å². The average Bonchev–Trinajstić information content (AvgIpc) is 2.45. The number of hydrogen-bond acceptors (Lipinski definition) is 3. The third-order valence-corrected chi connectivity index (χ3v) is 3.42. The van der Waals surface area contributed by atoms with E-state index in [0.717, 1.165) is 0 Å². The topological polar surface area (TPSA) is 63.2 Å². The SMILES string of the molecule is CC(C)S(=O)(=O)NC1CC1=O. The van der Waals surface area contributed by atoms with Gasteiger partial charge in [0.25, 0.3) is 0 Å². The van der Waals surface area contributed by atoms with Crippen molar-refractivity contribution >= 4 is 15.8 Å². The third-order valence-electron chi connectivity index (χ3n) is 1.56. The van der Waals surface area contributed by atoms with Crippen molar-refractivity contribution in [3.05, 3.63) is 0 Å². The van der Waals surface area contributed by atoms with Crippen LogP contribution in [0.3, 0.4) is 0 Å². The minimum Gasteiger partial charge on any atom is -0.298 e. The van der Waals surface area contributed by atoms with Gasteiger partial charge in [0.15, 0.2) is 5.78 Å². The van der Waals surface area contributed by atoms with Gasteiger partial charge in [-0.15, -0.1) is 0 Å². The zero-order chi connectivity index (χ0) is 8.65. The second kappa shape index (κ2) is 2.57. The smallest absolute Gasteiger partial charge is 0.214 e. The van der Waals surface area contributed by atoms with E-state index in [-0.39, 0.29) is 5.78 Å². The summed E-state index contributed by atoms with van der Waals surface area (Å²) in [6.45, 7) is 3.16. The van der Waals surface area contributed by atoms with Gasteiger partial charge in [0.05, 0.1) is 11.3 Å². The number of Topliss-reactive ketones (excluding diaryl/α,β-unsaturated/α-hetero) is 1. The Morgan fingerprint density at radius 2 is 2.00 bits per heavy atom. The predicted octanol–water partition coefficient (Wildman–Crippen LogP) is -0.344. The quantitative estimate of drug-likeness (QED) is 0.641. The first-order valence-corrected chi connectivity index (χ1v) is 5.02. The lowest BCUT2D eigenvalue weighted by Crippen LogP contribution is -2.33. The van der Waals surface area contributed by atoms with Gasteiger partial charge in [0.2, 0.25) is 10.0 Å². The minimum absolute atomic E-state index is 0.0192. The molecule has 0 aromatic rings. The van der Waals surface area contributed by atoms with Crippen molar-refractivity contribution in [2.24, 2.45) is 0 Å². The molecular formula is C6H11NO3S. The molecule has 0 aliphatic heterocycles. The van der Waals surface area contributed by atoms with Gasteiger partial charge in [0.1, 0.15) is 0 Å². The highest BCUT2D eigenvalue weighted by molar-refractivity contribution is 7.90. The molecule has 1 rings (SSSR count). The first-order valence-electron chi connectivity index (χ1n) is 3.47. The van der Waals surface area contributed by atoms with Crippen molar-refractivity contribution < 1.29 is 13.2 Å². The van der Waals surface area contributed by atoms with Crippen LogP contribution in [0.2, 0.25) is 0 Å². The van der Waals surface area contributed by atoms with Crippen molar-refractivity contribution in [3.63, 3.8) is 0 Å². The summed E-state index contributed by atoms with van der Waals surface area (Å²) in [5.74, 6) is -0.0192. The molecule has 0 spiro atoms. The van der Waals surface area contributed by atoms with Crippen molar-refractivity contribution in [3.8, 4) is 0 Å². The van der Waals surface area contributed by atoms with Gasteiger partial charge in [-0.25, -0.2) is 13.1 Å². The second-order valence-corrected chi connectivity index (χ2v) is 5.20.